The largest absolute Gasteiger partial charge is 0.390 e. The summed E-state index contributed by atoms with van der Waals surface area (Å²) in [6.45, 7) is 6.58. The molecule has 0 saturated heterocycles. The molecule has 2 aromatic rings. The average molecular weight is 373 g/mol. The Kier molecular flexibility index (Phi) is 7.05. The van der Waals surface area contributed by atoms with Crippen LogP contribution in [-0.4, -0.2) is 48.2 Å². The second kappa shape index (κ2) is 9.71. The van der Waals surface area contributed by atoms with Crippen LogP contribution in [0, 0.1) is 0 Å². The van der Waals surface area contributed by atoms with Gasteiger partial charge in [0.1, 0.15) is 0 Å². The molecule has 0 amide bonds. The van der Waals surface area contributed by atoms with Gasteiger partial charge in [-0.25, -0.2) is 4.99 Å². The first-order valence-electron chi connectivity index (χ1n) is 9.25. The van der Waals surface area contributed by atoms with Gasteiger partial charge in [0.15, 0.2) is 5.96 Å². The van der Waals surface area contributed by atoms with E-state index < -0.39 is 6.10 Å². The SMILES string of the molecule is CCNC(=NCc1ccsc1)NCC(O)CN1CCc2ccccc2C1. The number of hydrogen-bond acceptors (Lipinski definition) is 4. The summed E-state index contributed by atoms with van der Waals surface area (Å²) in [6.07, 6.45) is 0.631. The number of aliphatic hydroxyl groups is 1. The summed E-state index contributed by atoms with van der Waals surface area (Å²) in [5.74, 6) is 0.752. The van der Waals surface area contributed by atoms with Gasteiger partial charge in [-0.15, -0.1) is 0 Å². The molecule has 1 aromatic heterocycles. The molecule has 0 aliphatic carbocycles. The van der Waals surface area contributed by atoms with Crippen LogP contribution in [0.1, 0.15) is 23.6 Å². The van der Waals surface area contributed by atoms with Gasteiger partial charge in [0, 0.05) is 32.7 Å². The van der Waals surface area contributed by atoms with E-state index in [0.29, 0.717) is 19.6 Å². The lowest BCUT2D eigenvalue weighted by atomic mass is 10.00. The van der Waals surface area contributed by atoms with Gasteiger partial charge in [0.2, 0.25) is 0 Å². The Morgan fingerprint density at radius 3 is 2.88 bits per heavy atom. The van der Waals surface area contributed by atoms with E-state index in [-0.39, 0.29) is 0 Å². The van der Waals surface area contributed by atoms with Crippen LogP contribution in [0.3, 0.4) is 0 Å². The Labute approximate surface area is 159 Å². The van der Waals surface area contributed by atoms with Crippen LogP contribution in [0.4, 0.5) is 0 Å². The van der Waals surface area contributed by atoms with Crippen molar-refractivity contribution >= 4 is 17.3 Å². The Bertz CT molecular complexity index is 702. The number of aliphatic hydroxyl groups excluding tert-OH is 1. The number of guanidine groups is 1. The van der Waals surface area contributed by atoms with Gasteiger partial charge >= 0.3 is 0 Å². The standard InChI is InChI=1S/C20H28N4OS/c1-2-21-20(22-11-16-8-10-26-15-16)23-12-19(25)14-24-9-7-17-5-3-4-6-18(17)13-24/h3-6,8,10,15,19,25H,2,7,9,11-14H2,1H3,(H2,21,22,23). The molecule has 1 aromatic carbocycles. The lowest BCUT2D eigenvalue weighted by Gasteiger charge is -2.30. The van der Waals surface area contributed by atoms with Crippen molar-refractivity contribution in [2.45, 2.75) is 32.5 Å². The minimum atomic E-state index is -0.426. The number of fused-ring (bicyclic) bond motifs is 1. The van der Waals surface area contributed by atoms with E-state index >= 15 is 0 Å². The van der Waals surface area contributed by atoms with Crippen LogP contribution < -0.4 is 10.6 Å². The highest BCUT2D eigenvalue weighted by molar-refractivity contribution is 7.07. The van der Waals surface area contributed by atoms with E-state index in [4.69, 9.17) is 0 Å². The van der Waals surface area contributed by atoms with E-state index in [9.17, 15) is 5.11 Å². The molecule has 2 heterocycles. The first-order valence-corrected chi connectivity index (χ1v) is 10.2. The van der Waals surface area contributed by atoms with Crippen LogP contribution >= 0.6 is 11.3 Å². The maximum atomic E-state index is 10.4. The molecule has 1 unspecified atom stereocenters. The zero-order valence-corrected chi connectivity index (χ0v) is 16.1. The van der Waals surface area contributed by atoms with Crippen molar-refractivity contribution in [3.05, 3.63) is 57.8 Å². The number of hydrogen-bond donors (Lipinski definition) is 3. The van der Waals surface area contributed by atoms with Crippen molar-refractivity contribution in [1.82, 2.24) is 15.5 Å². The molecular formula is C20H28N4OS. The van der Waals surface area contributed by atoms with Crippen LogP contribution in [0.2, 0.25) is 0 Å². The molecule has 3 N–H and O–H groups in total. The average Bonchev–Trinajstić information content (AvgIpc) is 3.17. The molecule has 6 heteroatoms. The summed E-state index contributed by atoms with van der Waals surface area (Å²) in [6, 6.07) is 10.7. The third-order valence-corrected chi connectivity index (χ3v) is 5.26. The highest BCUT2D eigenvalue weighted by atomic mass is 32.1. The normalized spacial score (nSPS) is 16.2. The van der Waals surface area contributed by atoms with E-state index in [1.54, 1.807) is 11.3 Å². The second-order valence-corrected chi connectivity index (χ2v) is 7.40. The van der Waals surface area contributed by atoms with Crippen molar-refractivity contribution < 1.29 is 5.11 Å². The first-order chi connectivity index (χ1) is 12.7. The molecule has 0 fully saturated rings. The van der Waals surface area contributed by atoms with Crippen molar-refractivity contribution in [3.63, 3.8) is 0 Å². The molecule has 1 atom stereocenters. The molecule has 1 aliphatic rings. The fourth-order valence-electron chi connectivity index (χ4n) is 3.18. The fraction of sp³-hybridized carbons (Fsp3) is 0.450. The quantitative estimate of drug-likeness (QED) is 0.515. The van der Waals surface area contributed by atoms with Crippen LogP contribution in [0.5, 0.6) is 0 Å². The third-order valence-electron chi connectivity index (χ3n) is 4.53. The maximum Gasteiger partial charge on any atom is 0.191 e. The van der Waals surface area contributed by atoms with E-state index in [1.807, 2.05) is 6.92 Å². The summed E-state index contributed by atoms with van der Waals surface area (Å²) in [7, 11) is 0. The number of nitrogens with zero attached hydrogens (tertiary/aromatic N) is 2. The van der Waals surface area contributed by atoms with Crippen molar-refractivity contribution in [1.29, 1.82) is 0 Å². The first kappa shape index (κ1) is 18.9. The minimum Gasteiger partial charge on any atom is -0.390 e. The number of thiophene rings is 1. The van der Waals surface area contributed by atoms with E-state index in [0.717, 1.165) is 32.0 Å². The number of β-amino-alcohol motifs (C(OH)–C–C–N with tert-alkyl or cyclic N) is 1. The van der Waals surface area contributed by atoms with Crippen molar-refractivity contribution in [3.8, 4) is 0 Å². The topological polar surface area (TPSA) is 59.9 Å². The van der Waals surface area contributed by atoms with Gasteiger partial charge in [-0.05, 0) is 46.9 Å². The Hall–Kier alpha value is -1.89. The molecule has 1 aliphatic heterocycles. The van der Waals surface area contributed by atoms with Gasteiger partial charge in [0.05, 0.1) is 12.6 Å². The van der Waals surface area contributed by atoms with Gasteiger partial charge in [-0.1, -0.05) is 24.3 Å². The lowest BCUT2D eigenvalue weighted by Crippen LogP contribution is -2.45. The molecule has 0 saturated carbocycles. The number of benzene rings is 1. The van der Waals surface area contributed by atoms with Crippen LogP contribution in [0.25, 0.3) is 0 Å². The predicted octanol–water partition coefficient (Wildman–Crippen LogP) is 2.22. The van der Waals surface area contributed by atoms with Crippen molar-refractivity contribution in [2.75, 3.05) is 26.2 Å². The minimum absolute atomic E-state index is 0.426. The van der Waals surface area contributed by atoms with Crippen molar-refractivity contribution in [2.24, 2.45) is 4.99 Å². The van der Waals surface area contributed by atoms with Gasteiger partial charge in [-0.2, -0.15) is 11.3 Å². The smallest absolute Gasteiger partial charge is 0.191 e. The Balaban J connectivity index is 1.46. The zero-order chi connectivity index (χ0) is 18.2. The highest BCUT2D eigenvalue weighted by Crippen LogP contribution is 2.18. The number of nitrogens with one attached hydrogen (secondary N) is 2. The van der Waals surface area contributed by atoms with Gasteiger partial charge in [-0.3, -0.25) is 4.90 Å². The Morgan fingerprint density at radius 1 is 1.27 bits per heavy atom. The summed E-state index contributed by atoms with van der Waals surface area (Å²) < 4.78 is 0. The predicted molar refractivity (Wildman–Crippen MR) is 109 cm³/mol. The maximum absolute atomic E-state index is 10.4. The molecule has 3 rings (SSSR count). The summed E-state index contributed by atoms with van der Waals surface area (Å²) in [5.41, 5.74) is 4.02. The van der Waals surface area contributed by atoms with E-state index in [1.165, 1.54) is 16.7 Å². The summed E-state index contributed by atoms with van der Waals surface area (Å²) >= 11 is 1.68. The van der Waals surface area contributed by atoms with Crippen LogP contribution in [0.15, 0.2) is 46.1 Å². The lowest BCUT2D eigenvalue weighted by molar-refractivity contribution is 0.108. The van der Waals surface area contributed by atoms with Crippen LogP contribution in [-0.2, 0) is 19.5 Å². The monoisotopic (exact) mass is 372 g/mol. The fourth-order valence-corrected chi connectivity index (χ4v) is 3.84. The highest BCUT2D eigenvalue weighted by Gasteiger charge is 2.18. The van der Waals surface area contributed by atoms with Gasteiger partial charge in [0.25, 0.3) is 0 Å². The molecule has 0 bridgehead atoms. The van der Waals surface area contributed by atoms with E-state index in [2.05, 4.69) is 61.6 Å². The third kappa shape index (κ3) is 5.56. The number of aliphatic imine (C=N–C) groups is 1. The Morgan fingerprint density at radius 2 is 2.12 bits per heavy atom. The molecule has 5 nitrogen and oxygen atoms in total. The molecule has 0 radical (unpaired) electrons. The second-order valence-electron chi connectivity index (χ2n) is 6.62. The molecule has 0 spiro atoms. The zero-order valence-electron chi connectivity index (χ0n) is 15.3. The number of rotatable bonds is 7. The molecular weight excluding hydrogens is 344 g/mol. The van der Waals surface area contributed by atoms with Gasteiger partial charge < -0.3 is 15.7 Å². The molecule has 140 valence electrons. The molecule has 26 heavy (non-hydrogen) atoms. The summed E-state index contributed by atoms with van der Waals surface area (Å²) in [5, 5.41) is 21.1. The summed E-state index contributed by atoms with van der Waals surface area (Å²) in [4.78, 5) is 6.90.